The fourth-order valence-corrected chi connectivity index (χ4v) is 5.34. The van der Waals surface area contributed by atoms with Crippen LogP contribution < -0.4 is 0 Å². The molecule has 0 radical (unpaired) electrons. The number of hydrogen-bond donors (Lipinski definition) is 0. The van der Waals surface area contributed by atoms with Gasteiger partial charge in [0.05, 0.1) is 24.4 Å². The van der Waals surface area contributed by atoms with E-state index < -0.39 is 0 Å². The third-order valence-corrected chi connectivity index (χ3v) is 6.52. The lowest BCUT2D eigenvalue weighted by Crippen LogP contribution is -2.55. The second kappa shape index (κ2) is 5.06. The molecule has 3 heteroatoms. The Kier molecular flexibility index (Phi) is 3.77. The van der Waals surface area contributed by atoms with Gasteiger partial charge in [0.15, 0.2) is 0 Å². The van der Waals surface area contributed by atoms with Crippen LogP contribution in [0, 0.1) is 5.41 Å². The highest BCUT2D eigenvalue weighted by atomic mass is 79.9. The SMILES string of the molecule is CC1CC(OC2CC(Br)C23CCCC3)CC(C)O1. The minimum atomic E-state index is 0.359. The normalized spacial score (nSPS) is 47.2. The lowest BCUT2D eigenvalue weighted by molar-refractivity contribution is -0.175. The smallest absolute Gasteiger partial charge is 0.0656 e. The van der Waals surface area contributed by atoms with E-state index in [1.54, 1.807) is 0 Å². The molecule has 18 heavy (non-hydrogen) atoms. The maximum atomic E-state index is 6.47. The molecule has 2 saturated carbocycles. The molecule has 0 N–H and O–H groups in total. The van der Waals surface area contributed by atoms with Crippen LogP contribution in [0.2, 0.25) is 0 Å². The Balaban J connectivity index is 1.60. The van der Waals surface area contributed by atoms with Gasteiger partial charge in [-0.1, -0.05) is 28.8 Å². The molecule has 3 fully saturated rings. The van der Waals surface area contributed by atoms with E-state index in [4.69, 9.17) is 9.47 Å². The van der Waals surface area contributed by atoms with Crippen molar-refractivity contribution in [3.8, 4) is 0 Å². The Bertz CT molecular complexity index is 291. The summed E-state index contributed by atoms with van der Waals surface area (Å²) in [6.45, 7) is 4.34. The van der Waals surface area contributed by atoms with E-state index in [1.165, 1.54) is 32.1 Å². The minimum Gasteiger partial charge on any atom is -0.375 e. The number of ether oxygens (including phenoxy) is 2. The first kappa shape index (κ1) is 13.4. The van der Waals surface area contributed by atoms with Crippen LogP contribution in [0.3, 0.4) is 0 Å². The Labute approximate surface area is 119 Å². The largest absolute Gasteiger partial charge is 0.375 e. The molecule has 1 heterocycles. The summed E-state index contributed by atoms with van der Waals surface area (Å²) in [6, 6.07) is 0. The van der Waals surface area contributed by atoms with Crippen LogP contribution in [0.15, 0.2) is 0 Å². The molecule has 1 spiro atoms. The van der Waals surface area contributed by atoms with Crippen molar-refractivity contribution < 1.29 is 9.47 Å². The fourth-order valence-electron chi connectivity index (χ4n) is 4.25. The van der Waals surface area contributed by atoms with Gasteiger partial charge in [0.25, 0.3) is 0 Å². The Morgan fingerprint density at radius 1 is 1.06 bits per heavy atom. The van der Waals surface area contributed by atoms with Gasteiger partial charge in [0.1, 0.15) is 0 Å². The molecule has 1 saturated heterocycles. The molecular formula is C15H25BrO2. The van der Waals surface area contributed by atoms with Gasteiger partial charge in [0.2, 0.25) is 0 Å². The Hall–Kier alpha value is 0.400. The van der Waals surface area contributed by atoms with Crippen LogP contribution in [0.1, 0.15) is 58.8 Å². The summed E-state index contributed by atoms with van der Waals surface area (Å²) in [5.74, 6) is 0. The standard InChI is InChI=1S/C15H25BrO2/c1-10-7-12(8-11(2)17-10)18-14-9-13(16)15(14)5-3-4-6-15/h10-14H,3-9H2,1-2H3. The first-order valence-electron chi connectivity index (χ1n) is 7.55. The Morgan fingerprint density at radius 2 is 1.67 bits per heavy atom. The molecule has 3 aliphatic rings. The van der Waals surface area contributed by atoms with Crippen molar-refractivity contribution in [1.82, 2.24) is 0 Å². The summed E-state index contributed by atoms with van der Waals surface area (Å²) < 4.78 is 12.3. The van der Waals surface area contributed by atoms with E-state index in [0.717, 1.165) is 12.8 Å². The number of hydrogen-bond acceptors (Lipinski definition) is 2. The number of alkyl halides is 1. The zero-order valence-electron chi connectivity index (χ0n) is 11.5. The summed E-state index contributed by atoms with van der Waals surface area (Å²) in [5.41, 5.74) is 0.477. The average Bonchev–Trinajstić information content (AvgIpc) is 2.79. The summed E-state index contributed by atoms with van der Waals surface area (Å²) in [4.78, 5) is 0.701. The van der Waals surface area contributed by atoms with Gasteiger partial charge in [-0.15, -0.1) is 0 Å². The molecule has 2 nitrogen and oxygen atoms in total. The van der Waals surface area contributed by atoms with Crippen LogP contribution in [-0.4, -0.2) is 29.2 Å². The van der Waals surface area contributed by atoms with E-state index in [0.29, 0.717) is 34.7 Å². The quantitative estimate of drug-likeness (QED) is 0.715. The van der Waals surface area contributed by atoms with Gasteiger partial charge in [0, 0.05) is 10.2 Å². The van der Waals surface area contributed by atoms with E-state index in [-0.39, 0.29) is 0 Å². The molecular weight excluding hydrogens is 292 g/mol. The van der Waals surface area contributed by atoms with Crippen molar-refractivity contribution in [2.45, 2.75) is 88.0 Å². The van der Waals surface area contributed by atoms with E-state index in [2.05, 4.69) is 29.8 Å². The predicted molar refractivity (Wildman–Crippen MR) is 76.1 cm³/mol. The molecule has 0 aromatic carbocycles. The summed E-state index contributed by atoms with van der Waals surface area (Å²) >= 11 is 3.87. The molecule has 0 aromatic heterocycles. The van der Waals surface area contributed by atoms with Crippen LogP contribution >= 0.6 is 15.9 Å². The molecule has 1 aliphatic heterocycles. The predicted octanol–water partition coefficient (Wildman–Crippen LogP) is 4.06. The maximum absolute atomic E-state index is 6.47. The van der Waals surface area contributed by atoms with E-state index >= 15 is 0 Å². The van der Waals surface area contributed by atoms with E-state index in [9.17, 15) is 0 Å². The van der Waals surface area contributed by atoms with Crippen LogP contribution in [-0.2, 0) is 9.47 Å². The monoisotopic (exact) mass is 316 g/mol. The first-order chi connectivity index (χ1) is 8.60. The van der Waals surface area contributed by atoms with Gasteiger partial charge >= 0.3 is 0 Å². The number of rotatable bonds is 2. The van der Waals surface area contributed by atoms with Crippen molar-refractivity contribution in [3.63, 3.8) is 0 Å². The second-order valence-electron chi connectivity index (χ2n) is 6.62. The van der Waals surface area contributed by atoms with Crippen LogP contribution in [0.5, 0.6) is 0 Å². The van der Waals surface area contributed by atoms with Gasteiger partial charge in [-0.25, -0.2) is 0 Å². The molecule has 2 aliphatic carbocycles. The van der Waals surface area contributed by atoms with Crippen molar-refractivity contribution >= 4 is 15.9 Å². The number of halogens is 1. The highest BCUT2D eigenvalue weighted by molar-refractivity contribution is 9.09. The van der Waals surface area contributed by atoms with E-state index in [1.807, 2.05) is 0 Å². The van der Waals surface area contributed by atoms with Gasteiger partial charge in [-0.05, 0) is 46.0 Å². The van der Waals surface area contributed by atoms with Crippen molar-refractivity contribution in [2.75, 3.05) is 0 Å². The van der Waals surface area contributed by atoms with Crippen molar-refractivity contribution in [2.24, 2.45) is 5.41 Å². The highest BCUT2D eigenvalue weighted by Gasteiger charge is 2.56. The lowest BCUT2D eigenvalue weighted by Gasteiger charge is -2.53. The molecule has 0 aromatic rings. The third-order valence-electron chi connectivity index (χ3n) is 5.23. The summed E-state index contributed by atoms with van der Waals surface area (Å²) in [6.07, 6.45) is 10.5. The summed E-state index contributed by atoms with van der Waals surface area (Å²) in [5, 5.41) is 0. The molecule has 104 valence electrons. The fraction of sp³-hybridized carbons (Fsp3) is 1.00. The summed E-state index contributed by atoms with van der Waals surface area (Å²) in [7, 11) is 0. The van der Waals surface area contributed by atoms with Crippen molar-refractivity contribution in [3.05, 3.63) is 0 Å². The van der Waals surface area contributed by atoms with Crippen LogP contribution in [0.25, 0.3) is 0 Å². The van der Waals surface area contributed by atoms with Crippen LogP contribution in [0.4, 0.5) is 0 Å². The third kappa shape index (κ3) is 2.27. The van der Waals surface area contributed by atoms with Crippen molar-refractivity contribution in [1.29, 1.82) is 0 Å². The highest BCUT2D eigenvalue weighted by Crippen LogP contribution is 2.58. The minimum absolute atomic E-state index is 0.359. The molecule has 4 unspecified atom stereocenters. The zero-order chi connectivity index (χ0) is 12.8. The van der Waals surface area contributed by atoms with Gasteiger partial charge < -0.3 is 9.47 Å². The average molecular weight is 317 g/mol. The Morgan fingerprint density at radius 3 is 2.22 bits per heavy atom. The van der Waals surface area contributed by atoms with Gasteiger partial charge in [-0.2, -0.15) is 0 Å². The maximum Gasteiger partial charge on any atom is 0.0656 e. The molecule has 0 bridgehead atoms. The van der Waals surface area contributed by atoms with Gasteiger partial charge in [-0.3, -0.25) is 0 Å². The zero-order valence-corrected chi connectivity index (χ0v) is 13.1. The lowest BCUT2D eigenvalue weighted by atomic mass is 9.64. The molecule has 3 rings (SSSR count). The second-order valence-corrected chi connectivity index (χ2v) is 7.72. The molecule has 4 atom stereocenters. The molecule has 0 amide bonds. The first-order valence-corrected chi connectivity index (χ1v) is 8.47. The topological polar surface area (TPSA) is 18.5 Å².